The Hall–Kier alpha value is -1.46. The van der Waals surface area contributed by atoms with Gasteiger partial charge in [-0.2, -0.15) is 0 Å². The van der Waals surface area contributed by atoms with Gasteiger partial charge in [0, 0.05) is 6.04 Å². The Morgan fingerprint density at radius 3 is 2.76 bits per heavy atom. The number of hydrogen-bond acceptors (Lipinski definition) is 3. The van der Waals surface area contributed by atoms with Crippen LogP contribution >= 0.6 is 0 Å². The number of ether oxygens (including phenoxy) is 1. The first-order valence-electron chi connectivity index (χ1n) is 7.48. The van der Waals surface area contributed by atoms with Crippen molar-refractivity contribution in [1.82, 2.24) is 10.6 Å². The summed E-state index contributed by atoms with van der Waals surface area (Å²) < 4.78 is 18.3. The minimum Gasteiger partial charge on any atom is -0.379 e. The van der Waals surface area contributed by atoms with E-state index in [4.69, 9.17) is 4.74 Å². The highest BCUT2D eigenvalue weighted by Crippen LogP contribution is 2.18. The van der Waals surface area contributed by atoms with Crippen LogP contribution in [0.2, 0.25) is 0 Å². The lowest BCUT2D eigenvalue weighted by Gasteiger charge is -2.21. The van der Waals surface area contributed by atoms with Crippen molar-refractivity contribution in [3.05, 3.63) is 35.6 Å². The molecule has 3 atom stereocenters. The van der Waals surface area contributed by atoms with Crippen LogP contribution in [0, 0.1) is 11.7 Å². The Morgan fingerprint density at radius 1 is 1.38 bits per heavy atom. The van der Waals surface area contributed by atoms with Gasteiger partial charge >= 0.3 is 0 Å². The molecule has 116 valence electrons. The van der Waals surface area contributed by atoms with Gasteiger partial charge in [-0.15, -0.1) is 0 Å². The zero-order chi connectivity index (χ0) is 15.2. The second-order valence-corrected chi connectivity index (χ2v) is 5.49. The molecule has 4 nitrogen and oxygen atoms in total. The first-order chi connectivity index (χ1) is 10.1. The van der Waals surface area contributed by atoms with Crippen molar-refractivity contribution in [3.63, 3.8) is 0 Å². The van der Waals surface area contributed by atoms with Crippen molar-refractivity contribution in [2.75, 3.05) is 19.8 Å². The molecule has 1 amide bonds. The number of rotatable bonds is 6. The molecule has 1 aliphatic rings. The lowest BCUT2D eigenvalue weighted by atomic mass is 10.0. The molecule has 1 aromatic rings. The predicted molar refractivity (Wildman–Crippen MR) is 79.3 cm³/mol. The molecule has 1 fully saturated rings. The molecule has 5 heteroatoms. The molecule has 1 heterocycles. The number of nitrogens with one attached hydrogen (secondary N) is 2. The molecule has 2 N–H and O–H groups in total. The van der Waals surface area contributed by atoms with Gasteiger partial charge < -0.3 is 15.4 Å². The number of halogens is 1. The fourth-order valence-corrected chi connectivity index (χ4v) is 2.50. The molecule has 0 aromatic heterocycles. The minimum absolute atomic E-state index is 0.0158. The smallest absolute Gasteiger partial charge is 0.227 e. The number of carbonyl (C=O) groups is 1. The summed E-state index contributed by atoms with van der Waals surface area (Å²) >= 11 is 0. The van der Waals surface area contributed by atoms with Crippen molar-refractivity contribution in [2.24, 2.45) is 5.92 Å². The second kappa shape index (κ2) is 7.52. The summed E-state index contributed by atoms with van der Waals surface area (Å²) in [5.74, 6) is -0.456. The quantitative estimate of drug-likeness (QED) is 0.844. The SMILES string of the molecule is CCCNC1COCC1C(=O)NC(C)c1ccc(F)cc1. The van der Waals surface area contributed by atoms with Gasteiger partial charge in [-0.1, -0.05) is 19.1 Å². The summed E-state index contributed by atoms with van der Waals surface area (Å²) in [7, 11) is 0. The summed E-state index contributed by atoms with van der Waals surface area (Å²) in [6.07, 6.45) is 1.02. The third-order valence-corrected chi connectivity index (χ3v) is 3.80. The molecule has 0 saturated carbocycles. The van der Waals surface area contributed by atoms with Crippen LogP contribution in [0.15, 0.2) is 24.3 Å². The van der Waals surface area contributed by atoms with Gasteiger partial charge in [0.15, 0.2) is 0 Å². The van der Waals surface area contributed by atoms with Gasteiger partial charge in [-0.25, -0.2) is 4.39 Å². The van der Waals surface area contributed by atoms with E-state index in [2.05, 4.69) is 17.6 Å². The van der Waals surface area contributed by atoms with Gasteiger partial charge in [-0.05, 0) is 37.6 Å². The molecular weight excluding hydrogens is 271 g/mol. The Bertz CT molecular complexity index is 464. The highest BCUT2D eigenvalue weighted by atomic mass is 19.1. The molecule has 0 radical (unpaired) electrons. The Labute approximate surface area is 125 Å². The summed E-state index contributed by atoms with van der Waals surface area (Å²) in [6.45, 7) is 5.89. The third kappa shape index (κ3) is 4.25. The second-order valence-electron chi connectivity index (χ2n) is 5.49. The van der Waals surface area contributed by atoms with Crippen LogP contribution in [-0.4, -0.2) is 31.7 Å². The maximum Gasteiger partial charge on any atom is 0.227 e. The van der Waals surface area contributed by atoms with E-state index in [1.165, 1.54) is 12.1 Å². The zero-order valence-electron chi connectivity index (χ0n) is 12.6. The number of benzene rings is 1. The monoisotopic (exact) mass is 294 g/mol. The van der Waals surface area contributed by atoms with Crippen LogP contribution in [-0.2, 0) is 9.53 Å². The number of amides is 1. The van der Waals surface area contributed by atoms with Gasteiger partial charge in [0.05, 0.1) is 25.2 Å². The van der Waals surface area contributed by atoms with Crippen LogP contribution in [0.1, 0.15) is 31.9 Å². The highest BCUT2D eigenvalue weighted by Gasteiger charge is 2.34. The molecule has 1 aromatic carbocycles. The lowest BCUT2D eigenvalue weighted by Crippen LogP contribution is -2.44. The van der Waals surface area contributed by atoms with Crippen LogP contribution in [0.3, 0.4) is 0 Å². The molecule has 21 heavy (non-hydrogen) atoms. The predicted octanol–water partition coefficient (Wildman–Crippen LogP) is 2.02. The maximum atomic E-state index is 12.9. The molecule has 2 rings (SSSR count). The largest absolute Gasteiger partial charge is 0.379 e. The Kier molecular flexibility index (Phi) is 5.70. The first-order valence-corrected chi connectivity index (χ1v) is 7.48. The van der Waals surface area contributed by atoms with E-state index in [0.717, 1.165) is 18.5 Å². The first kappa shape index (κ1) is 15.9. The van der Waals surface area contributed by atoms with Crippen LogP contribution in [0.25, 0.3) is 0 Å². The van der Waals surface area contributed by atoms with Gasteiger partial charge in [0.1, 0.15) is 5.82 Å². The van der Waals surface area contributed by atoms with Crippen LogP contribution < -0.4 is 10.6 Å². The molecule has 1 saturated heterocycles. The molecule has 0 spiro atoms. The molecule has 0 aliphatic carbocycles. The van der Waals surface area contributed by atoms with E-state index < -0.39 is 0 Å². The average Bonchev–Trinajstić information content (AvgIpc) is 2.94. The van der Waals surface area contributed by atoms with Gasteiger partial charge in [-0.3, -0.25) is 4.79 Å². The summed E-state index contributed by atoms with van der Waals surface area (Å²) in [5.41, 5.74) is 0.890. The Morgan fingerprint density at radius 2 is 2.10 bits per heavy atom. The molecular formula is C16H23FN2O2. The van der Waals surface area contributed by atoms with Crippen molar-refractivity contribution >= 4 is 5.91 Å². The van der Waals surface area contributed by atoms with Gasteiger partial charge in [0.2, 0.25) is 5.91 Å². The van der Waals surface area contributed by atoms with Crippen LogP contribution in [0.5, 0.6) is 0 Å². The van der Waals surface area contributed by atoms with E-state index in [-0.39, 0.29) is 29.7 Å². The van der Waals surface area contributed by atoms with Crippen molar-refractivity contribution < 1.29 is 13.9 Å². The van der Waals surface area contributed by atoms with Crippen LogP contribution in [0.4, 0.5) is 4.39 Å². The topological polar surface area (TPSA) is 50.4 Å². The number of carbonyl (C=O) groups excluding carboxylic acids is 1. The Balaban J connectivity index is 1.92. The molecule has 0 bridgehead atoms. The fraction of sp³-hybridized carbons (Fsp3) is 0.562. The third-order valence-electron chi connectivity index (χ3n) is 3.80. The zero-order valence-corrected chi connectivity index (χ0v) is 12.6. The standard InChI is InChI=1S/C16H23FN2O2/c1-3-8-18-15-10-21-9-14(15)16(20)19-11(2)12-4-6-13(17)7-5-12/h4-7,11,14-15,18H,3,8-10H2,1-2H3,(H,19,20). The van der Waals surface area contributed by atoms with E-state index in [0.29, 0.717) is 13.2 Å². The van der Waals surface area contributed by atoms with E-state index in [1.54, 1.807) is 12.1 Å². The highest BCUT2D eigenvalue weighted by molar-refractivity contribution is 5.80. The maximum absolute atomic E-state index is 12.9. The van der Waals surface area contributed by atoms with Crippen molar-refractivity contribution in [3.8, 4) is 0 Å². The average molecular weight is 294 g/mol. The van der Waals surface area contributed by atoms with Crippen molar-refractivity contribution in [1.29, 1.82) is 0 Å². The van der Waals surface area contributed by atoms with Gasteiger partial charge in [0.25, 0.3) is 0 Å². The molecule has 3 unspecified atom stereocenters. The summed E-state index contributed by atoms with van der Waals surface area (Å²) in [5, 5.41) is 6.33. The fourth-order valence-electron chi connectivity index (χ4n) is 2.50. The summed E-state index contributed by atoms with van der Waals surface area (Å²) in [4.78, 5) is 12.4. The summed E-state index contributed by atoms with van der Waals surface area (Å²) in [6, 6.07) is 6.12. The lowest BCUT2D eigenvalue weighted by molar-refractivity contribution is -0.126. The minimum atomic E-state index is -0.273. The van der Waals surface area contributed by atoms with E-state index in [1.807, 2.05) is 6.92 Å². The number of hydrogen-bond donors (Lipinski definition) is 2. The van der Waals surface area contributed by atoms with E-state index in [9.17, 15) is 9.18 Å². The normalized spacial score (nSPS) is 23.0. The van der Waals surface area contributed by atoms with E-state index >= 15 is 0 Å². The molecule has 1 aliphatic heterocycles. The van der Waals surface area contributed by atoms with Crippen molar-refractivity contribution in [2.45, 2.75) is 32.4 Å².